The summed E-state index contributed by atoms with van der Waals surface area (Å²) in [6.07, 6.45) is 0.573. The molecule has 5 aromatic rings. The number of fused-ring (bicyclic) bond motifs is 3. The molecule has 1 spiro atoms. The van der Waals surface area contributed by atoms with E-state index in [1.54, 1.807) is 44.2 Å². The minimum absolute atomic E-state index is 0.00568. The Labute approximate surface area is 390 Å². The first-order valence-corrected chi connectivity index (χ1v) is 22.2. The third-order valence-electron chi connectivity index (χ3n) is 12.9. The summed E-state index contributed by atoms with van der Waals surface area (Å²) in [7, 11) is 3.17. The monoisotopic (exact) mass is 899 g/mol. The maximum absolute atomic E-state index is 16.4. The molecular weight excluding hydrogens is 847 g/mol. The second kappa shape index (κ2) is 19.5. The SMILES string of the molecule is C=CCNC(=O)C1C2C(=O)OC(c3ccccc3)C(c3ccccc3)N2C(c2ccc(O)cc2)C12C(=O)N(C(=O)NC(C(=O)OC)C(C)C)c1ccc(C#CCN(C)Cc3ccccc3)cc12. The van der Waals surface area contributed by atoms with E-state index in [1.807, 2.05) is 103 Å². The molecular formula is C54H53N5O8. The maximum Gasteiger partial charge on any atom is 0.329 e. The standard InChI is InChI=1S/C54H53N5O8/c1-6-30-55-49(61)43-46-51(63)67-47(38-22-14-9-15-23-38)45(37-20-12-8-13-21-37)59(46)48(39-25-27-40(60)28-26-39)54(43)41-32-35(19-16-31-57(4)33-36-17-10-7-11-18-36)24-29-42(41)58(52(54)64)53(65)56-44(34(2)3)50(62)66-5/h6-15,17-18,20-29,32,34,43-48,60H,1,30-31,33H2,2-5H3,(H,55,61)(H,56,65). The second-order valence-electron chi connectivity index (χ2n) is 17.4. The number of nitrogens with zero attached hydrogens (tertiary/aromatic N) is 3. The Hall–Kier alpha value is -7.53. The highest BCUT2D eigenvalue weighted by Gasteiger charge is 2.75. The lowest BCUT2D eigenvalue weighted by atomic mass is 9.65. The lowest BCUT2D eigenvalue weighted by molar-refractivity contribution is -0.178. The molecule has 7 unspecified atom stereocenters. The van der Waals surface area contributed by atoms with Crippen molar-refractivity contribution in [1.29, 1.82) is 0 Å². The largest absolute Gasteiger partial charge is 0.508 e. The van der Waals surface area contributed by atoms with Crippen molar-refractivity contribution < 1.29 is 38.6 Å². The average molecular weight is 900 g/mol. The third-order valence-corrected chi connectivity index (χ3v) is 12.9. The van der Waals surface area contributed by atoms with E-state index >= 15 is 14.4 Å². The summed E-state index contributed by atoms with van der Waals surface area (Å²) in [5.74, 6) is 1.55. The number of cyclic esters (lactones) is 1. The molecule has 8 rings (SSSR count). The van der Waals surface area contributed by atoms with Gasteiger partial charge in [-0.15, -0.1) is 6.58 Å². The second-order valence-corrected chi connectivity index (χ2v) is 17.4. The summed E-state index contributed by atoms with van der Waals surface area (Å²) in [6.45, 7) is 8.32. The molecule has 0 saturated carbocycles. The molecule has 0 radical (unpaired) electrons. The van der Waals surface area contributed by atoms with Gasteiger partial charge in [-0.25, -0.2) is 14.5 Å². The molecule has 0 aliphatic carbocycles. The quantitative estimate of drug-likeness (QED) is 0.0696. The number of carbonyl (C=O) groups excluding carboxylic acids is 5. The van der Waals surface area contributed by atoms with Crippen LogP contribution in [0.3, 0.4) is 0 Å². The average Bonchev–Trinajstić information content (AvgIpc) is 3.79. The minimum atomic E-state index is -2.06. The molecule has 0 aromatic heterocycles. The van der Waals surface area contributed by atoms with Gasteiger partial charge in [0.25, 0.3) is 0 Å². The fourth-order valence-electron chi connectivity index (χ4n) is 9.97. The van der Waals surface area contributed by atoms with E-state index in [-0.39, 0.29) is 23.5 Å². The lowest BCUT2D eigenvalue weighted by Gasteiger charge is -2.46. The van der Waals surface area contributed by atoms with Crippen LogP contribution in [0.2, 0.25) is 0 Å². The predicted molar refractivity (Wildman–Crippen MR) is 252 cm³/mol. The third kappa shape index (κ3) is 8.57. The van der Waals surface area contributed by atoms with Crippen LogP contribution < -0.4 is 15.5 Å². The fraction of sp³-hybridized carbons (Fsp3) is 0.278. The molecule has 342 valence electrons. The molecule has 3 aliphatic heterocycles. The number of phenolic OH excluding ortho intramolecular Hbond substituents is 1. The van der Waals surface area contributed by atoms with Crippen LogP contribution in [0.4, 0.5) is 10.5 Å². The van der Waals surface area contributed by atoms with Crippen molar-refractivity contribution in [3.8, 4) is 17.6 Å². The summed E-state index contributed by atoms with van der Waals surface area (Å²) >= 11 is 0. The zero-order valence-electron chi connectivity index (χ0n) is 37.8. The minimum Gasteiger partial charge on any atom is -0.508 e. The van der Waals surface area contributed by atoms with E-state index in [9.17, 15) is 14.7 Å². The van der Waals surface area contributed by atoms with Crippen molar-refractivity contribution >= 4 is 35.5 Å². The van der Waals surface area contributed by atoms with Crippen LogP contribution in [0, 0.1) is 23.7 Å². The Morgan fingerprint density at radius 2 is 1.52 bits per heavy atom. The van der Waals surface area contributed by atoms with Gasteiger partial charge in [0, 0.05) is 18.7 Å². The topological polar surface area (TPSA) is 158 Å². The van der Waals surface area contributed by atoms with Gasteiger partial charge in [-0.2, -0.15) is 0 Å². The number of hydrogen-bond donors (Lipinski definition) is 3. The summed E-state index contributed by atoms with van der Waals surface area (Å²) in [5, 5.41) is 16.4. The van der Waals surface area contributed by atoms with Crippen LogP contribution in [0.5, 0.6) is 5.75 Å². The molecule has 7 atom stereocenters. The molecule has 67 heavy (non-hydrogen) atoms. The van der Waals surface area contributed by atoms with E-state index in [0.717, 1.165) is 16.0 Å². The van der Waals surface area contributed by atoms with Gasteiger partial charge in [-0.1, -0.05) is 135 Å². The van der Waals surface area contributed by atoms with Crippen LogP contribution in [0.15, 0.2) is 146 Å². The van der Waals surface area contributed by atoms with Gasteiger partial charge in [0.2, 0.25) is 11.8 Å². The van der Waals surface area contributed by atoms with E-state index in [4.69, 9.17) is 9.47 Å². The Morgan fingerprint density at radius 3 is 2.15 bits per heavy atom. The smallest absolute Gasteiger partial charge is 0.329 e. The molecule has 13 nitrogen and oxygen atoms in total. The number of methoxy groups -OCH3 is 1. The number of morpholine rings is 1. The van der Waals surface area contributed by atoms with Crippen molar-refractivity contribution in [2.75, 3.05) is 32.1 Å². The molecule has 13 heteroatoms. The molecule has 2 saturated heterocycles. The zero-order valence-corrected chi connectivity index (χ0v) is 37.8. The highest BCUT2D eigenvalue weighted by Crippen LogP contribution is 2.66. The van der Waals surface area contributed by atoms with Crippen molar-refractivity contribution in [3.05, 3.63) is 179 Å². The van der Waals surface area contributed by atoms with Crippen LogP contribution in [-0.4, -0.2) is 84.0 Å². The summed E-state index contributed by atoms with van der Waals surface area (Å²) in [6, 6.07) is 34.6. The molecule has 3 N–H and O–H groups in total. The van der Waals surface area contributed by atoms with Gasteiger partial charge in [0.05, 0.1) is 37.3 Å². The van der Waals surface area contributed by atoms with Gasteiger partial charge < -0.3 is 25.2 Å². The highest BCUT2D eigenvalue weighted by molar-refractivity contribution is 6.25. The number of carbonyl (C=O) groups is 5. The van der Waals surface area contributed by atoms with Gasteiger partial charge >= 0.3 is 18.0 Å². The predicted octanol–water partition coefficient (Wildman–Crippen LogP) is 6.75. The van der Waals surface area contributed by atoms with Gasteiger partial charge in [-0.05, 0) is 71.1 Å². The van der Waals surface area contributed by atoms with Gasteiger partial charge in [0.1, 0.15) is 29.4 Å². The number of ether oxygens (including phenoxy) is 2. The van der Waals surface area contributed by atoms with Crippen LogP contribution >= 0.6 is 0 Å². The molecule has 0 bridgehead atoms. The first-order valence-electron chi connectivity index (χ1n) is 22.2. The van der Waals surface area contributed by atoms with E-state index in [1.165, 1.54) is 25.3 Å². The fourth-order valence-corrected chi connectivity index (χ4v) is 9.97. The van der Waals surface area contributed by atoms with Crippen molar-refractivity contribution in [2.24, 2.45) is 11.8 Å². The Morgan fingerprint density at radius 1 is 0.881 bits per heavy atom. The van der Waals surface area contributed by atoms with Crippen LogP contribution in [0.1, 0.15) is 65.4 Å². The first kappa shape index (κ1) is 46.0. The van der Waals surface area contributed by atoms with Crippen molar-refractivity contribution in [1.82, 2.24) is 20.4 Å². The number of esters is 2. The molecule has 4 amide bonds. The number of benzene rings is 5. The number of hydrogen-bond acceptors (Lipinski definition) is 10. The Kier molecular flexibility index (Phi) is 13.4. The van der Waals surface area contributed by atoms with Gasteiger partial charge in [-0.3, -0.25) is 24.2 Å². The highest BCUT2D eigenvalue weighted by atomic mass is 16.6. The number of nitrogens with one attached hydrogen (secondary N) is 2. The molecule has 2 fully saturated rings. The van der Waals surface area contributed by atoms with Gasteiger partial charge in [0.15, 0.2) is 0 Å². The van der Waals surface area contributed by atoms with Crippen LogP contribution in [-0.2, 0) is 40.6 Å². The number of phenols is 1. The van der Waals surface area contributed by atoms with Crippen molar-refractivity contribution in [2.45, 2.75) is 56.1 Å². The number of rotatable bonds is 12. The van der Waals surface area contributed by atoms with Crippen LogP contribution in [0.25, 0.3) is 0 Å². The Balaban J connectivity index is 1.39. The number of urea groups is 1. The zero-order chi connectivity index (χ0) is 47.4. The Bertz CT molecular complexity index is 2720. The lowest BCUT2D eigenvalue weighted by Crippen LogP contribution is -2.57. The maximum atomic E-state index is 16.4. The number of imide groups is 1. The number of aromatic hydroxyl groups is 1. The number of anilines is 1. The summed E-state index contributed by atoms with van der Waals surface area (Å²) in [4.78, 5) is 79.8. The number of amides is 4. The molecule has 3 heterocycles. The summed E-state index contributed by atoms with van der Waals surface area (Å²) in [5.41, 5.74) is 1.83. The summed E-state index contributed by atoms with van der Waals surface area (Å²) < 4.78 is 11.6. The van der Waals surface area contributed by atoms with E-state index in [0.29, 0.717) is 29.8 Å². The van der Waals surface area contributed by atoms with E-state index < -0.39 is 77.3 Å². The first-order chi connectivity index (χ1) is 32.4. The molecule has 3 aliphatic rings. The molecule has 5 aromatic carbocycles. The van der Waals surface area contributed by atoms with E-state index in [2.05, 4.69) is 34.0 Å². The van der Waals surface area contributed by atoms with Crippen molar-refractivity contribution in [3.63, 3.8) is 0 Å². The normalized spacial score (nSPS) is 22.3.